The van der Waals surface area contributed by atoms with E-state index in [0.717, 1.165) is 28.4 Å². The molecule has 2 aliphatic rings. The molecule has 2 N–H and O–H groups in total. The number of esters is 1. The summed E-state index contributed by atoms with van der Waals surface area (Å²) < 4.78 is 10.7. The highest BCUT2D eigenvalue weighted by molar-refractivity contribution is 6.11. The number of rotatable bonds is 4. The van der Waals surface area contributed by atoms with Gasteiger partial charge in [0.1, 0.15) is 11.7 Å². The molecule has 0 unspecified atom stereocenters. The predicted octanol–water partition coefficient (Wildman–Crippen LogP) is 4.70. The molecule has 4 rings (SSSR count). The summed E-state index contributed by atoms with van der Waals surface area (Å²) >= 11 is 0. The standard InChI is InChI=1S/C25H28N2O4/c1-14(2)31-17-11-9-16(10-12-17)23-22-20(26-18-7-5-6-8-19(18)27-23)13-15(3)21(24(22)28)25(29)30-4/h5-12,14-15,21,23,26-27H,13H2,1-4H3/t15-,21-,23-/m0/s1. The molecule has 0 saturated carbocycles. The minimum atomic E-state index is -0.806. The van der Waals surface area contributed by atoms with Gasteiger partial charge < -0.3 is 20.1 Å². The number of hydrogen-bond acceptors (Lipinski definition) is 6. The lowest BCUT2D eigenvalue weighted by Gasteiger charge is -2.32. The van der Waals surface area contributed by atoms with Crippen molar-refractivity contribution in [3.05, 3.63) is 65.4 Å². The molecule has 162 valence electrons. The number of nitrogens with one attached hydrogen (secondary N) is 2. The molecule has 0 saturated heterocycles. The van der Waals surface area contributed by atoms with E-state index in [4.69, 9.17) is 9.47 Å². The fourth-order valence-electron chi connectivity index (χ4n) is 4.39. The highest BCUT2D eigenvalue weighted by atomic mass is 16.5. The Morgan fingerprint density at radius 1 is 1.06 bits per heavy atom. The van der Waals surface area contributed by atoms with Crippen molar-refractivity contribution in [3.8, 4) is 5.75 Å². The molecule has 0 fully saturated rings. The van der Waals surface area contributed by atoms with E-state index in [0.29, 0.717) is 12.0 Å². The van der Waals surface area contributed by atoms with Crippen molar-refractivity contribution < 1.29 is 19.1 Å². The zero-order valence-electron chi connectivity index (χ0n) is 18.3. The van der Waals surface area contributed by atoms with E-state index in [9.17, 15) is 9.59 Å². The lowest BCUT2D eigenvalue weighted by molar-refractivity contribution is -0.151. The van der Waals surface area contributed by atoms with Gasteiger partial charge in [-0.25, -0.2) is 0 Å². The van der Waals surface area contributed by atoms with Gasteiger partial charge in [-0.15, -0.1) is 0 Å². The third-order valence-electron chi connectivity index (χ3n) is 5.81. The van der Waals surface area contributed by atoms with Crippen LogP contribution < -0.4 is 15.4 Å². The van der Waals surface area contributed by atoms with Gasteiger partial charge in [-0.2, -0.15) is 0 Å². The maximum Gasteiger partial charge on any atom is 0.316 e. The largest absolute Gasteiger partial charge is 0.491 e. The van der Waals surface area contributed by atoms with E-state index in [-0.39, 0.29) is 17.8 Å². The molecule has 1 aliphatic carbocycles. The fourth-order valence-corrected chi connectivity index (χ4v) is 4.39. The topological polar surface area (TPSA) is 76.7 Å². The second-order valence-electron chi connectivity index (χ2n) is 8.42. The van der Waals surface area contributed by atoms with Crippen LogP contribution in [0.1, 0.15) is 38.8 Å². The van der Waals surface area contributed by atoms with Crippen LogP contribution in [0.15, 0.2) is 59.8 Å². The van der Waals surface area contributed by atoms with E-state index < -0.39 is 17.9 Å². The van der Waals surface area contributed by atoms with Gasteiger partial charge in [0, 0.05) is 11.3 Å². The van der Waals surface area contributed by atoms with Gasteiger partial charge in [0.25, 0.3) is 0 Å². The van der Waals surface area contributed by atoms with Crippen molar-refractivity contribution in [1.82, 2.24) is 0 Å². The van der Waals surface area contributed by atoms with Crippen LogP contribution >= 0.6 is 0 Å². The van der Waals surface area contributed by atoms with E-state index in [1.165, 1.54) is 7.11 Å². The number of methoxy groups -OCH3 is 1. The number of anilines is 2. The van der Waals surface area contributed by atoms with E-state index in [1.54, 1.807) is 0 Å². The third-order valence-corrected chi connectivity index (χ3v) is 5.81. The summed E-state index contributed by atoms with van der Waals surface area (Å²) in [4.78, 5) is 26.0. The van der Waals surface area contributed by atoms with Crippen molar-refractivity contribution >= 4 is 23.1 Å². The summed E-state index contributed by atoms with van der Waals surface area (Å²) in [6.07, 6.45) is 0.663. The summed E-state index contributed by atoms with van der Waals surface area (Å²) in [5.41, 5.74) is 4.17. The molecule has 3 atom stereocenters. The number of hydrogen-bond donors (Lipinski definition) is 2. The van der Waals surface area contributed by atoms with Gasteiger partial charge >= 0.3 is 5.97 Å². The minimum absolute atomic E-state index is 0.0782. The predicted molar refractivity (Wildman–Crippen MR) is 120 cm³/mol. The second-order valence-corrected chi connectivity index (χ2v) is 8.42. The first-order chi connectivity index (χ1) is 14.9. The normalized spacial score (nSPS) is 22.6. The molecule has 2 aromatic rings. The van der Waals surface area contributed by atoms with Crippen LogP contribution in [0, 0.1) is 11.8 Å². The molecule has 0 amide bonds. The molecule has 0 aromatic heterocycles. The van der Waals surface area contributed by atoms with Crippen LogP contribution in [0.2, 0.25) is 0 Å². The molecule has 2 aromatic carbocycles. The SMILES string of the molecule is COC(=O)[C@@H]1C(=O)C2=C(C[C@@H]1C)Nc1ccccc1N[C@H]2c1ccc(OC(C)C)cc1. The fraction of sp³-hybridized carbons (Fsp3) is 0.360. The van der Waals surface area contributed by atoms with Crippen molar-refractivity contribution in [2.45, 2.75) is 39.3 Å². The van der Waals surface area contributed by atoms with Crippen LogP contribution in [0.3, 0.4) is 0 Å². The summed E-state index contributed by atoms with van der Waals surface area (Å²) in [6, 6.07) is 15.2. The Balaban J connectivity index is 1.80. The Morgan fingerprint density at radius 2 is 1.74 bits per heavy atom. The Labute approximate surface area is 182 Å². The molecule has 6 nitrogen and oxygen atoms in total. The number of ketones is 1. The zero-order valence-corrected chi connectivity index (χ0v) is 18.3. The third kappa shape index (κ3) is 4.02. The zero-order chi connectivity index (χ0) is 22.1. The van der Waals surface area contributed by atoms with Gasteiger partial charge in [-0.05, 0) is 56.0 Å². The van der Waals surface area contributed by atoms with Crippen LogP contribution in [-0.2, 0) is 14.3 Å². The highest BCUT2D eigenvalue weighted by Crippen LogP contribution is 2.43. The average molecular weight is 421 g/mol. The molecular formula is C25H28N2O4. The summed E-state index contributed by atoms with van der Waals surface area (Å²) in [5.74, 6) is -0.860. The maximum absolute atomic E-state index is 13.6. The smallest absolute Gasteiger partial charge is 0.316 e. The first-order valence-corrected chi connectivity index (χ1v) is 10.6. The van der Waals surface area contributed by atoms with Crippen LogP contribution in [-0.4, -0.2) is 25.0 Å². The molecular weight excluding hydrogens is 392 g/mol. The number of Topliss-reactive ketones (excluding diaryl/α,β-unsaturated/α-hetero) is 1. The number of allylic oxidation sites excluding steroid dienone is 1. The summed E-state index contributed by atoms with van der Waals surface area (Å²) in [5, 5.41) is 6.98. The van der Waals surface area contributed by atoms with E-state index in [1.807, 2.05) is 69.3 Å². The van der Waals surface area contributed by atoms with Crippen LogP contribution in [0.25, 0.3) is 0 Å². The number of benzene rings is 2. The van der Waals surface area contributed by atoms with Gasteiger partial charge in [-0.3, -0.25) is 9.59 Å². The Hall–Kier alpha value is -3.28. The summed E-state index contributed by atoms with van der Waals surface area (Å²) in [7, 11) is 1.33. The number of fused-ring (bicyclic) bond motifs is 1. The lowest BCUT2D eigenvalue weighted by Crippen LogP contribution is -2.39. The van der Waals surface area contributed by atoms with Gasteiger partial charge in [-0.1, -0.05) is 31.2 Å². The molecule has 31 heavy (non-hydrogen) atoms. The quantitative estimate of drug-likeness (QED) is 0.551. The van der Waals surface area contributed by atoms with Crippen molar-refractivity contribution in [2.24, 2.45) is 11.8 Å². The maximum atomic E-state index is 13.6. The van der Waals surface area contributed by atoms with Crippen molar-refractivity contribution in [3.63, 3.8) is 0 Å². The first kappa shape index (κ1) is 21.0. The van der Waals surface area contributed by atoms with Gasteiger partial charge in [0.05, 0.1) is 30.6 Å². The molecule has 6 heteroatoms. The van der Waals surface area contributed by atoms with E-state index in [2.05, 4.69) is 10.6 Å². The first-order valence-electron chi connectivity index (χ1n) is 10.6. The average Bonchev–Trinajstić information content (AvgIpc) is 2.90. The Kier molecular flexibility index (Phi) is 5.72. The Morgan fingerprint density at radius 3 is 2.39 bits per heavy atom. The van der Waals surface area contributed by atoms with Gasteiger partial charge in [0.15, 0.2) is 5.78 Å². The molecule has 0 bridgehead atoms. The van der Waals surface area contributed by atoms with Crippen LogP contribution in [0.4, 0.5) is 11.4 Å². The number of ether oxygens (including phenoxy) is 2. The van der Waals surface area contributed by atoms with E-state index >= 15 is 0 Å². The molecule has 1 heterocycles. The molecule has 1 aliphatic heterocycles. The molecule has 0 spiro atoms. The number of carbonyl (C=O) groups excluding carboxylic acids is 2. The number of carbonyl (C=O) groups is 2. The summed E-state index contributed by atoms with van der Waals surface area (Å²) in [6.45, 7) is 5.88. The van der Waals surface area contributed by atoms with Gasteiger partial charge in [0.2, 0.25) is 0 Å². The monoisotopic (exact) mass is 420 g/mol. The second kappa shape index (κ2) is 8.46. The number of para-hydroxylation sites is 2. The van der Waals surface area contributed by atoms with Crippen molar-refractivity contribution in [1.29, 1.82) is 0 Å². The Bertz CT molecular complexity index is 1030. The lowest BCUT2D eigenvalue weighted by atomic mass is 9.75. The minimum Gasteiger partial charge on any atom is -0.491 e. The van der Waals surface area contributed by atoms with Crippen molar-refractivity contribution in [2.75, 3.05) is 17.7 Å². The molecule has 0 radical (unpaired) electrons. The highest BCUT2D eigenvalue weighted by Gasteiger charge is 2.44. The van der Waals surface area contributed by atoms with Crippen LogP contribution in [0.5, 0.6) is 5.75 Å².